The average molecular weight is 566 g/mol. The summed E-state index contributed by atoms with van der Waals surface area (Å²) < 4.78 is 30.0. The number of nitrogens with zero attached hydrogens (tertiary/aromatic N) is 6. The summed E-state index contributed by atoms with van der Waals surface area (Å²) in [6.45, 7) is 1.68. The SMILES string of the molecule is O=C(NCCn1ncc2c(=O)n(Cc3ccc([N+](=O)[O-])cc3)cnc21)c1ccc(S(=O)(=O)N2CCCCC2)cc1. The lowest BCUT2D eigenvalue weighted by molar-refractivity contribution is -0.384. The molecule has 0 unspecified atom stereocenters. The average Bonchev–Trinajstić information content (AvgIpc) is 3.39. The molecule has 0 aliphatic carbocycles. The fourth-order valence-electron chi connectivity index (χ4n) is 4.60. The van der Waals surface area contributed by atoms with Crippen LogP contribution < -0.4 is 10.9 Å². The number of carbonyl (C=O) groups is 1. The van der Waals surface area contributed by atoms with Crippen molar-refractivity contribution < 1.29 is 18.1 Å². The van der Waals surface area contributed by atoms with Crippen molar-refractivity contribution in [1.29, 1.82) is 0 Å². The van der Waals surface area contributed by atoms with Crippen molar-refractivity contribution in [2.45, 2.75) is 37.2 Å². The Morgan fingerprint density at radius 2 is 1.73 bits per heavy atom. The molecule has 5 rings (SSSR count). The number of nitro benzene ring substituents is 1. The third-order valence-corrected chi connectivity index (χ3v) is 8.71. The Balaban J connectivity index is 1.20. The molecule has 2 aromatic carbocycles. The van der Waals surface area contributed by atoms with Crippen LogP contribution in [0.15, 0.2) is 70.7 Å². The van der Waals surface area contributed by atoms with Crippen molar-refractivity contribution in [3.05, 3.63) is 92.7 Å². The number of hydrogen-bond donors (Lipinski definition) is 1. The number of benzene rings is 2. The number of fused-ring (bicyclic) bond motifs is 1. The molecule has 4 aromatic rings. The van der Waals surface area contributed by atoms with Crippen LogP contribution in [0.25, 0.3) is 11.0 Å². The second kappa shape index (κ2) is 11.4. The Kier molecular flexibility index (Phi) is 7.71. The topological polar surface area (TPSA) is 162 Å². The first-order chi connectivity index (χ1) is 19.2. The van der Waals surface area contributed by atoms with E-state index in [4.69, 9.17) is 0 Å². The Morgan fingerprint density at radius 3 is 2.40 bits per heavy atom. The maximum absolute atomic E-state index is 12.9. The van der Waals surface area contributed by atoms with E-state index < -0.39 is 14.9 Å². The number of rotatable bonds is 9. The number of carbonyl (C=O) groups excluding carboxylic acids is 1. The van der Waals surface area contributed by atoms with Crippen molar-refractivity contribution >= 4 is 32.7 Å². The van der Waals surface area contributed by atoms with Gasteiger partial charge in [0.2, 0.25) is 10.0 Å². The Labute approximate surface area is 229 Å². The molecule has 40 heavy (non-hydrogen) atoms. The highest BCUT2D eigenvalue weighted by Gasteiger charge is 2.26. The van der Waals surface area contributed by atoms with E-state index in [9.17, 15) is 28.1 Å². The fraction of sp³-hybridized carbons (Fsp3) is 0.308. The van der Waals surface area contributed by atoms with Crippen LogP contribution in [0, 0.1) is 10.1 Å². The van der Waals surface area contributed by atoms with Gasteiger partial charge in [-0.15, -0.1) is 0 Å². The molecule has 3 heterocycles. The lowest BCUT2D eigenvalue weighted by atomic mass is 10.2. The normalized spacial score (nSPS) is 14.3. The van der Waals surface area contributed by atoms with Crippen LogP contribution in [0.2, 0.25) is 0 Å². The molecule has 13 nitrogen and oxygen atoms in total. The summed E-state index contributed by atoms with van der Waals surface area (Å²) in [5.41, 5.74) is 1.07. The number of piperidine rings is 1. The van der Waals surface area contributed by atoms with Gasteiger partial charge in [-0.25, -0.2) is 18.1 Å². The van der Waals surface area contributed by atoms with E-state index in [1.54, 1.807) is 12.1 Å². The highest BCUT2D eigenvalue weighted by molar-refractivity contribution is 7.89. The molecule has 0 spiro atoms. The fourth-order valence-corrected chi connectivity index (χ4v) is 6.12. The van der Waals surface area contributed by atoms with E-state index in [1.165, 1.54) is 62.5 Å². The maximum Gasteiger partial charge on any atom is 0.269 e. The third-order valence-electron chi connectivity index (χ3n) is 6.80. The number of nitrogens with one attached hydrogen (secondary N) is 1. The van der Waals surface area contributed by atoms with Gasteiger partial charge >= 0.3 is 0 Å². The third kappa shape index (κ3) is 5.62. The van der Waals surface area contributed by atoms with Crippen molar-refractivity contribution in [3.63, 3.8) is 0 Å². The number of aromatic nitrogens is 4. The highest BCUT2D eigenvalue weighted by atomic mass is 32.2. The van der Waals surface area contributed by atoms with Crippen LogP contribution in [0.4, 0.5) is 5.69 Å². The van der Waals surface area contributed by atoms with Gasteiger partial charge in [0.25, 0.3) is 17.2 Å². The van der Waals surface area contributed by atoms with Gasteiger partial charge in [0.05, 0.1) is 29.1 Å². The van der Waals surface area contributed by atoms with Gasteiger partial charge in [-0.2, -0.15) is 9.40 Å². The van der Waals surface area contributed by atoms with Crippen LogP contribution >= 0.6 is 0 Å². The molecule has 1 amide bonds. The van der Waals surface area contributed by atoms with Gasteiger partial charge in [0, 0.05) is 37.3 Å². The lowest BCUT2D eigenvalue weighted by Gasteiger charge is -2.25. The first-order valence-electron chi connectivity index (χ1n) is 12.8. The van der Waals surface area contributed by atoms with E-state index in [0.29, 0.717) is 35.2 Å². The van der Waals surface area contributed by atoms with Gasteiger partial charge in [0.1, 0.15) is 11.7 Å². The van der Waals surface area contributed by atoms with Crippen LogP contribution in [-0.4, -0.2) is 62.5 Å². The van der Waals surface area contributed by atoms with Crippen LogP contribution in [0.5, 0.6) is 0 Å². The maximum atomic E-state index is 12.9. The minimum Gasteiger partial charge on any atom is -0.350 e. The molecule has 2 aromatic heterocycles. The Bertz CT molecular complexity index is 1710. The van der Waals surface area contributed by atoms with Crippen LogP contribution in [0.1, 0.15) is 35.2 Å². The first kappa shape index (κ1) is 27.1. The molecule has 1 aliphatic rings. The highest BCUT2D eigenvalue weighted by Crippen LogP contribution is 2.21. The second-order valence-electron chi connectivity index (χ2n) is 9.45. The number of amides is 1. The van der Waals surface area contributed by atoms with Crippen molar-refractivity contribution in [2.24, 2.45) is 0 Å². The van der Waals surface area contributed by atoms with Crippen molar-refractivity contribution in [3.8, 4) is 0 Å². The molecular formula is C26H27N7O6S. The van der Waals surface area contributed by atoms with E-state index >= 15 is 0 Å². The zero-order valence-corrected chi connectivity index (χ0v) is 22.3. The molecule has 0 atom stereocenters. The Hall–Kier alpha value is -4.43. The van der Waals surface area contributed by atoms with Gasteiger partial charge in [-0.3, -0.25) is 24.3 Å². The molecular weight excluding hydrogens is 538 g/mol. The molecule has 0 radical (unpaired) electrons. The molecule has 1 N–H and O–H groups in total. The monoisotopic (exact) mass is 565 g/mol. The lowest BCUT2D eigenvalue weighted by Crippen LogP contribution is -2.35. The van der Waals surface area contributed by atoms with Gasteiger partial charge in [-0.05, 0) is 42.7 Å². The molecule has 1 saturated heterocycles. The number of nitro groups is 1. The Morgan fingerprint density at radius 1 is 1.02 bits per heavy atom. The summed E-state index contributed by atoms with van der Waals surface area (Å²) in [5.74, 6) is -0.364. The van der Waals surface area contributed by atoms with Gasteiger partial charge in [0.15, 0.2) is 5.65 Å². The largest absolute Gasteiger partial charge is 0.350 e. The minimum absolute atomic E-state index is 0.0316. The molecule has 1 fully saturated rings. The molecule has 14 heteroatoms. The van der Waals surface area contributed by atoms with E-state index in [1.807, 2.05) is 0 Å². The summed E-state index contributed by atoms with van der Waals surface area (Å²) in [5, 5.41) is 18.2. The second-order valence-corrected chi connectivity index (χ2v) is 11.4. The zero-order chi connectivity index (χ0) is 28.3. The molecule has 0 bridgehead atoms. The summed E-state index contributed by atoms with van der Waals surface area (Å²) in [6, 6.07) is 11.8. The molecule has 0 saturated carbocycles. The zero-order valence-electron chi connectivity index (χ0n) is 21.5. The van der Waals surface area contributed by atoms with Crippen LogP contribution in [0.3, 0.4) is 0 Å². The summed E-state index contributed by atoms with van der Waals surface area (Å²) >= 11 is 0. The van der Waals surface area contributed by atoms with E-state index in [2.05, 4.69) is 15.4 Å². The van der Waals surface area contributed by atoms with Crippen molar-refractivity contribution in [2.75, 3.05) is 19.6 Å². The summed E-state index contributed by atoms with van der Waals surface area (Å²) in [4.78, 5) is 40.4. The standard InChI is InChI=1S/C26H27N7O6S/c34-25(20-6-10-22(11-7-20)40(38,39)31-13-2-1-3-14-31)27-12-15-32-24-23(16-29-32)26(35)30(18-28-24)17-19-4-8-21(9-5-19)33(36)37/h4-11,16,18H,1-3,12-15,17H2,(H,27,34). The predicted octanol–water partition coefficient (Wildman–Crippen LogP) is 2.15. The van der Waals surface area contributed by atoms with Crippen molar-refractivity contribution in [1.82, 2.24) is 29.0 Å². The quantitative estimate of drug-likeness (QED) is 0.238. The predicted molar refractivity (Wildman–Crippen MR) is 145 cm³/mol. The van der Waals surface area contributed by atoms with E-state index in [-0.39, 0.29) is 41.7 Å². The summed E-state index contributed by atoms with van der Waals surface area (Å²) in [6.07, 6.45) is 5.53. The number of hydrogen-bond acceptors (Lipinski definition) is 8. The smallest absolute Gasteiger partial charge is 0.269 e. The van der Waals surface area contributed by atoms with Gasteiger partial charge < -0.3 is 5.32 Å². The first-order valence-corrected chi connectivity index (χ1v) is 14.2. The summed E-state index contributed by atoms with van der Waals surface area (Å²) in [7, 11) is -3.57. The molecule has 208 valence electrons. The van der Waals surface area contributed by atoms with Crippen LogP contribution in [-0.2, 0) is 23.1 Å². The number of non-ortho nitro benzene ring substituents is 1. The van der Waals surface area contributed by atoms with E-state index in [0.717, 1.165) is 19.3 Å². The minimum atomic E-state index is -3.57. The molecule has 1 aliphatic heterocycles. The van der Waals surface area contributed by atoms with Gasteiger partial charge in [-0.1, -0.05) is 18.6 Å². The number of sulfonamides is 1.